The average Bonchev–Trinajstić information content (AvgIpc) is 2.58. The molecule has 0 atom stereocenters. The molecule has 24 heavy (non-hydrogen) atoms. The Bertz CT molecular complexity index is 932. The number of hydrogen-bond acceptors (Lipinski definition) is 4. The van der Waals surface area contributed by atoms with Crippen LogP contribution in [-0.2, 0) is 9.84 Å². The molecule has 0 aliphatic carbocycles. The maximum Gasteiger partial charge on any atom is 0.206 e. The van der Waals surface area contributed by atoms with E-state index in [0.717, 1.165) is 12.1 Å². The number of phenolic OH excluding ortho intramolecular Hbond substituents is 1. The molecule has 4 nitrogen and oxygen atoms in total. The second-order valence-electron chi connectivity index (χ2n) is 5.02. The van der Waals surface area contributed by atoms with Crippen molar-refractivity contribution in [2.75, 3.05) is 0 Å². The van der Waals surface area contributed by atoms with E-state index in [4.69, 9.17) is 4.74 Å². The van der Waals surface area contributed by atoms with Crippen molar-refractivity contribution in [3.05, 3.63) is 78.6 Å². The van der Waals surface area contributed by atoms with Gasteiger partial charge in [-0.15, -0.1) is 0 Å². The van der Waals surface area contributed by atoms with E-state index in [2.05, 4.69) is 0 Å². The smallest absolute Gasteiger partial charge is 0.206 e. The number of phenols is 1. The van der Waals surface area contributed by atoms with Gasteiger partial charge < -0.3 is 9.84 Å². The maximum absolute atomic E-state index is 12.9. The Morgan fingerprint density at radius 2 is 1.12 bits per heavy atom. The number of rotatable bonds is 4. The summed E-state index contributed by atoms with van der Waals surface area (Å²) in [5, 5.41) is 9.23. The molecule has 0 saturated heterocycles. The molecule has 1 N–H and O–H groups in total. The highest BCUT2D eigenvalue weighted by Gasteiger charge is 2.17. The number of hydrogen-bond donors (Lipinski definition) is 1. The molecule has 0 aromatic heterocycles. The SMILES string of the molecule is O=S(=O)(c1ccc(F)cc1)c1ccc(Oc2ccc(O)cc2)cc1. The highest BCUT2D eigenvalue weighted by atomic mass is 32.2. The van der Waals surface area contributed by atoms with Gasteiger partial charge in [0.15, 0.2) is 0 Å². The van der Waals surface area contributed by atoms with E-state index in [9.17, 15) is 17.9 Å². The van der Waals surface area contributed by atoms with Crippen LogP contribution in [0.3, 0.4) is 0 Å². The summed E-state index contributed by atoms with van der Waals surface area (Å²) < 4.78 is 43.4. The first-order valence-corrected chi connectivity index (χ1v) is 8.51. The van der Waals surface area contributed by atoms with Crippen molar-refractivity contribution in [2.24, 2.45) is 0 Å². The first-order chi connectivity index (χ1) is 11.4. The van der Waals surface area contributed by atoms with Gasteiger partial charge in [0.05, 0.1) is 9.79 Å². The summed E-state index contributed by atoms with van der Waals surface area (Å²) in [5.74, 6) is 0.607. The monoisotopic (exact) mass is 344 g/mol. The van der Waals surface area contributed by atoms with E-state index in [0.29, 0.717) is 11.5 Å². The first kappa shape index (κ1) is 16.0. The van der Waals surface area contributed by atoms with Crippen molar-refractivity contribution < 1.29 is 22.7 Å². The molecule has 0 fully saturated rings. The molecule has 0 saturated carbocycles. The van der Waals surface area contributed by atoms with E-state index < -0.39 is 15.7 Å². The Hall–Kier alpha value is -2.86. The lowest BCUT2D eigenvalue weighted by Gasteiger charge is -2.08. The molecular formula is C18H13FO4S. The van der Waals surface area contributed by atoms with Crippen LogP contribution < -0.4 is 4.74 Å². The molecule has 0 spiro atoms. The number of ether oxygens (including phenoxy) is 1. The lowest BCUT2D eigenvalue weighted by atomic mass is 10.3. The zero-order valence-corrected chi connectivity index (χ0v) is 13.2. The Kier molecular flexibility index (Phi) is 4.22. The second kappa shape index (κ2) is 6.33. The molecule has 0 aliphatic rings. The summed E-state index contributed by atoms with van der Waals surface area (Å²) in [6, 6.07) is 16.7. The largest absolute Gasteiger partial charge is 0.508 e. The van der Waals surface area contributed by atoms with Crippen molar-refractivity contribution in [1.29, 1.82) is 0 Å². The van der Waals surface area contributed by atoms with Gasteiger partial charge in [-0.3, -0.25) is 0 Å². The molecule has 0 bridgehead atoms. The molecule has 0 aliphatic heterocycles. The molecule has 0 heterocycles. The zero-order chi connectivity index (χ0) is 17.2. The van der Waals surface area contributed by atoms with Crippen molar-refractivity contribution in [2.45, 2.75) is 9.79 Å². The summed E-state index contributed by atoms with van der Waals surface area (Å²) in [7, 11) is -3.71. The minimum absolute atomic E-state index is 0.0242. The lowest BCUT2D eigenvalue weighted by Crippen LogP contribution is -2.01. The van der Waals surface area contributed by atoms with Crippen LogP contribution in [0.1, 0.15) is 0 Å². The standard InChI is InChI=1S/C18H13FO4S/c19-13-1-9-17(10-2-13)24(21,22)18-11-7-16(8-12-18)23-15-5-3-14(20)4-6-15/h1-12,20H. The highest BCUT2D eigenvalue weighted by molar-refractivity contribution is 7.91. The van der Waals surface area contributed by atoms with Crippen LogP contribution >= 0.6 is 0 Å². The van der Waals surface area contributed by atoms with Crippen LogP contribution in [0.2, 0.25) is 0 Å². The first-order valence-electron chi connectivity index (χ1n) is 7.03. The fourth-order valence-electron chi connectivity index (χ4n) is 2.09. The maximum atomic E-state index is 12.9. The lowest BCUT2D eigenvalue weighted by molar-refractivity contribution is 0.464. The van der Waals surface area contributed by atoms with Crippen LogP contribution in [0.5, 0.6) is 17.2 Å². The number of aromatic hydroxyl groups is 1. The number of halogens is 1. The molecule has 122 valence electrons. The summed E-state index contributed by atoms with van der Waals surface area (Å²) >= 11 is 0. The minimum Gasteiger partial charge on any atom is -0.508 e. The average molecular weight is 344 g/mol. The van der Waals surface area contributed by atoms with Gasteiger partial charge in [-0.05, 0) is 72.8 Å². The van der Waals surface area contributed by atoms with Crippen LogP contribution in [0.4, 0.5) is 4.39 Å². The van der Waals surface area contributed by atoms with Crippen LogP contribution in [0.25, 0.3) is 0 Å². The summed E-state index contributed by atoms with van der Waals surface area (Å²) in [6.07, 6.45) is 0. The van der Waals surface area contributed by atoms with Gasteiger partial charge in [-0.2, -0.15) is 0 Å². The fourth-order valence-corrected chi connectivity index (χ4v) is 3.35. The van der Waals surface area contributed by atoms with Crippen molar-refractivity contribution in [1.82, 2.24) is 0 Å². The van der Waals surface area contributed by atoms with E-state index in [1.807, 2.05) is 0 Å². The predicted octanol–water partition coefficient (Wildman–Crippen LogP) is 4.16. The molecule has 3 aromatic rings. The Morgan fingerprint density at radius 1 is 0.708 bits per heavy atom. The Morgan fingerprint density at radius 3 is 1.62 bits per heavy atom. The van der Waals surface area contributed by atoms with Gasteiger partial charge in [-0.1, -0.05) is 0 Å². The fraction of sp³-hybridized carbons (Fsp3) is 0. The van der Waals surface area contributed by atoms with Gasteiger partial charge in [0.2, 0.25) is 9.84 Å². The van der Waals surface area contributed by atoms with Crippen LogP contribution in [-0.4, -0.2) is 13.5 Å². The molecule has 3 aromatic carbocycles. The van der Waals surface area contributed by atoms with Crippen LogP contribution in [0.15, 0.2) is 82.6 Å². The van der Waals surface area contributed by atoms with Gasteiger partial charge in [-0.25, -0.2) is 12.8 Å². The zero-order valence-electron chi connectivity index (χ0n) is 12.4. The molecule has 0 amide bonds. The van der Waals surface area contributed by atoms with E-state index in [1.165, 1.54) is 48.5 Å². The summed E-state index contributed by atoms with van der Waals surface area (Å²) in [6.45, 7) is 0. The predicted molar refractivity (Wildman–Crippen MR) is 86.5 cm³/mol. The third kappa shape index (κ3) is 3.38. The highest BCUT2D eigenvalue weighted by Crippen LogP contribution is 2.27. The van der Waals surface area contributed by atoms with Crippen molar-refractivity contribution >= 4 is 9.84 Å². The third-order valence-electron chi connectivity index (χ3n) is 3.33. The summed E-state index contributed by atoms with van der Waals surface area (Å²) in [4.78, 5) is 0.114. The van der Waals surface area contributed by atoms with E-state index in [-0.39, 0.29) is 15.5 Å². The third-order valence-corrected chi connectivity index (χ3v) is 5.12. The number of benzene rings is 3. The topological polar surface area (TPSA) is 63.6 Å². The molecule has 0 unspecified atom stereocenters. The van der Waals surface area contributed by atoms with Crippen molar-refractivity contribution in [3.63, 3.8) is 0 Å². The van der Waals surface area contributed by atoms with E-state index in [1.54, 1.807) is 12.1 Å². The summed E-state index contributed by atoms with van der Waals surface area (Å²) in [5.41, 5.74) is 0. The Balaban J connectivity index is 1.83. The molecule has 6 heteroatoms. The van der Waals surface area contributed by atoms with E-state index >= 15 is 0 Å². The van der Waals surface area contributed by atoms with Gasteiger partial charge in [0.25, 0.3) is 0 Å². The Labute approximate surface area is 138 Å². The molecular weight excluding hydrogens is 331 g/mol. The molecule has 0 radical (unpaired) electrons. The van der Waals surface area contributed by atoms with Gasteiger partial charge in [0, 0.05) is 0 Å². The minimum atomic E-state index is -3.71. The van der Waals surface area contributed by atoms with Crippen LogP contribution in [0, 0.1) is 5.82 Å². The van der Waals surface area contributed by atoms with Crippen molar-refractivity contribution in [3.8, 4) is 17.2 Å². The number of sulfone groups is 1. The normalized spacial score (nSPS) is 11.2. The molecule has 3 rings (SSSR count). The second-order valence-corrected chi connectivity index (χ2v) is 6.97. The quantitative estimate of drug-likeness (QED) is 0.722. The van der Waals surface area contributed by atoms with Gasteiger partial charge >= 0.3 is 0 Å². The van der Waals surface area contributed by atoms with Gasteiger partial charge in [0.1, 0.15) is 23.1 Å².